The standard InChI is InChI=1S/C15H9ClN4OS/c16-11-5-2-1-4-10(11)7-8-13-19-20-14(12-6-3-9-21-12)17-18-15(20)22-13/h1-9H. The fourth-order valence-electron chi connectivity index (χ4n) is 2.03. The third-order valence-corrected chi connectivity index (χ3v) is 4.27. The Balaban J connectivity index is 1.71. The van der Waals surface area contributed by atoms with Gasteiger partial charge in [0.2, 0.25) is 10.8 Å². The molecule has 0 saturated heterocycles. The summed E-state index contributed by atoms with van der Waals surface area (Å²) < 4.78 is 7.02. The molecule has 0 aliphatic rings. The number of halogens is 1. The molecule has 0 aliphatic carbocycles. The minimum atomic E-state index is 0.591. The summed E-state index contributed by atoms with van der Waals surface area (Å²) in [4.78, 5) is 0.713. The van der Waals surface area contributed by atoms with Gasteiger partial charge in [0, 0.05) is 5.02 Å². The fourth-order valence-corrected chi connectivity index (χ4v) is 2.97. The van der Waals surface area contributed by atoms with Gasteiger partial charge in [-0.05, 0) is 29.8 Å². The van der Waals surface area contributed by atoms with E-state index >= 15 is 0 Å². The molecule has 0 saturated carbocycles. The number of benzene rings is 1. The first kappa shape index (κ1) is 13.2. The highest BCUT2D eigenvalue weighted by Gasteiger charge is 2.14. The van der Waals surface area contributed by atoms with Gasteiger partial charge in [-0.1, -0.05) is 47.2 Å². The van der Waals surface area contributed by atoms with Crippen molar-refractivity contribution in [3.05, 3.63) is 58.3 Å². The van der Waals surface area contributed by atoms with E-state index in [4.69, 9.17) is 16.0 Å². The number of fused-ring (bicyclic) bond motifs is 1. The Kier molecular flexibility index (Phi) is 3.25. The van der Waals surface area contributed by atoms with Gasteiger partial charge in [-0.2, -0.15) is 9.61 Å². The number of nitrogens with zero attached hydrogens (tertiary/aromatic N) is 4. The van der Waals surface area contributed by atoms with Crippen molar-refractivity contribution >= 4 is 40.1 Å². The zero-order valence-corrected chi connectivity index (χ0v) is 12.8. The van der Waals surface area contributed by atoms with Gasteiger partial charge in [-0.25, -0.2) is 0 Å². The zero-order chi connectivity index (χ0) is 14.9. The third-order valence-electron chi connectivity index (χ3n) is 3.06. The molecule has 0 radical (unpaired) electrons. The van der Waals surface area contributed by atoms with Crippen LogP contribution in [-0.4, -0.2) is 19.8 Å². The summed E-state index contributed by atoms with van der Waals surface area (Å²) in [6.07, 6.45) is 5.44. The van der Waals surface area contributed by atoms with Gasteiger partial charge in [0.1, 0.15) is 5.01 Å². The minimum Gasteiger partial charge on any atom is -0.461 e. The molecule has 5 nitrogen and oxygen atoms in total. The molecule has 7 heteroatoms. The van der Waals surface area contributed by atoms with Crippen LogP contribution in [0.5, 0.6) is 0 Å². The molecule has 22 heavy (non-hydrogen) atoms. The van der Waals surface area contributed by atoms with Gasteiger partial charge < -0.3 is 4.42 Å². The Hall–Kier alpha value is -2.44. The predicted octanol–water partition coefficient (Wildman–Crippen LogP) is 4.27. The van der Waals surface area contributed by atoms with E-state index in [1.165, 1.54) is 11.3 Å². The second-order valence-electron chi connectivity index (χ2n) is 4.49. The molecular formula is C15H9ClN4OS. The van der Waals surface area contributed by atoms with Crippen molar-refractivity contribution in [2.75, 3.05) is 0 Å². The maximum atomic E-state index is 6.13. The quantitative estimate of drug-likeness (QED) is 0.563. The lowest BCUT2D eigenvalue weighted by Crippen LogP contribution is -1.89. The minimum absolute atomic E-state index is 0.591. The van der Waals surface area contributed by atoms with Crippen LogP contribution in [0.1, 0.15) is 10.6 Å². The number of hydrogen-bond donors (Lipinski definition) is 0. The molecule has 0 amide bonds. The van der Waals surface area contributed by atoms with Gasteiger partial charge in [-0.3, -0.25) is 0 Å². The SMILES string of the molecule is Clc1ccccc1C=Cc1nn2c(-c3ccco3)nnc2s1. The molecule has 0 bridgehead atoms. The lowest BCUT2D eigenvalue weighted by molar-refractivity contribution is 0.575. The number of aromatic nitrogens is 4. The van der Waals surface area contributed by atoms with Crippen molar-refractivity contribution in [3.8, 4) is 11.6 Å². The molecule has 0 spiro atoms. The molecule has 4 rings (SSSR count). The largest absolute Gasteiger partial charge is 0.461 e. The second kappa shape index (κ2) is 5.40. The normalized spacial score (nSPS) is 11.7. The Labute approximate surface area is 134 Å². The van der Waals surface area contributed by atoms with Gasteiger partial charge in [0.05, 0.1) is 6.26 Å². The maximum Gasteiger partial charge on any atom is 0.235 e. The van der Waals surface area contributed by atoms with E-state index in [-0.39, 0.29) is 0 Å². The molecule has 0 unspecified atom stereocenters. The molecule has 0 N–H and O–H groups in total. The molecule has 3 aromatic heterocycles. The van der Waals surface area contributed by atoms with Crippen molar-refractivity contribution in [1.82, 2.24) is 19.8 Å². The summed E-state index contributed by atoms with van der Waals surface area (Å²) >= 11 is 7.58. The first-order valence-electron chi connectivity index (χ1n) is 6.50. The Morgan fingerprint density at radius 2 is 2.00 bits per heavy atom. The lowest BCUT2D eigenvalue weighted by Gasteiger charge is -1.95. The number of rotatable bonds is 3. The van der Waals surface area contributed by atoms with Crippen LogP contribution in [0, 0.1) is 0 Å². The summed E-state index contributed by atoms with van der Waals surface area (Å²) in [5.74, 6) is 1.23. The van der Waals surface area contributed by atoms with Gasteiger partial charge >= 0.3 is 0 Å². The van der Waals surface area contributed by atoms with E-state index in [2.05, 4.69) is 15.3 Å². The van der Waals surface area contributed by atoms with Crippen molar-refractivity contribution in [1.29, 1.82) is 0 Å². The summed E-state index contributed by atoms with van der Waals surface area (Å²) in [5.41, 5.74) is 0.946. The zero-order valence-electron chi connectivity index (χ0n) is 11.2. The van der Waals surface area contributed by atoms with E-state index in [0.29, 0.717) is 21.6 Å². The van der Waals surface area contributed by atoms with E-state index in [9.17, 15) is 0 Å². The van der Waals surface area contributed by atoms with Crippen LogP contribution in [-0.2, 0) is 0 Å². The lowest BCUT2D eigenvalue weighted by atomic mass is 10.2. The van der Waals surface area contributed by atoms with E-state index < -0.39 is 0 Å². The topological polar surface area (TPSA) is 56.2 Å². The molecular weight excluding hydrogens is 320 g/mol. The Morgan fingerprint density at radius 1 is 1.09 bits per heavy atom. The van der Waals surface area contributed by atoms with Gasteiger partial charge in [0.15, 0.2) is 5.76 Å². The van der Waals surface area contributed by atoms with Crippen LogP contribution in [0.15, 0.2) is 47.1 Å². The second-order valence-corrected chi connectivity index (χ2v) is 5.89. The average Bonchev–Trinajstić information content (AvgIpc) is 3.22. The summed E-state index contributed by atoms with van der Waals surface area (Å²) in [6, 6.07) is 11.3. The average molecular weight is 329 g/mol. The van der Waals surface area contributed by atoms with Crippen LogP contribution in [0.4, 0.5) is 0 Å². The first-order chi connectivity index (χ1) is 10.8. The number of hydrogen-bond acceptors (Lipinski definition) is 5. The molecule has 108 valence electrons. The molecule has 0 fully saturated rings. The molecule has 4 aromatic rings. The first-order valence-corrected chi connectivity index (χ1v) is 7.69. The van der Waals surface area contributed by atoms with Crippen LogP contribution in [0.2, 0.25) is 5.02 Å². The van der Waals surface area contributed by atoms with Gasteiger partial charge in [0.25, 0.3) is 0 Å². The highest BCUT2D eigenvalue weighted by Crippen LogP contribution is 2.23. The molecule has 0 atom stereocenters. The number of furan rings is 1. The van der Waals surface area contributed by atoms with Gasteiger partial charge in [-0.15, -0.1) is 10.2 Å². The van der Waals surface area contributed by atoms with Crippen molar-refractivity contribution in [3.63, 3.8) is 0 Å². The Morgan fingerprint density at radius 3 is 2.82 bits per heavy atom. The fraction of sp³-hybridized carbons (Fsp3) is 0. The smallest absolute Gasteiger partial charge is 0.235 e. The molecule has 0 aliphatic heterocycles. The van der Waals surface area contributed by atoms with Crippen LogP contribution < -0.4 is 0 Å². The molecule has 3 heterocycles. The highest BCUT2D eigenvalue weighted by atomic mass is 35.5. The third kappa shape index (κ3) is 2.32. The summed E-state index contributed by atoms with van der Waals surface area (Å²) in [6.45, 7) is 0. The maximum absolute atomic E-state index is 6.13. The summed E-state index contributed by atoms with van der Waals surface area (Å²) in [7, 11) is 0. The van der Waals surface area contributed by atoms with E-state index in [1.807, 2.05) is 42.5 Å². The van der Waals surface area contributed by atoms with Crippen LogP contribution >= 0.6 is 22.9 Å². The van der Waals surface area contributed by atoms with Crippen LogP contribution in [0.25, 0.3) is 28.7 Å². The summed E-state index contributed by atoms with van der Waals surface area (Å²) in [5, 5.41) is 14.2. The predicted molar refractivity (Wildman–Crippen MR) is 86.7 cm³/mol. The van der Waals surface area contributed by atoms with Crippen molar-refractivity contribution < 1.29 is 4.42 Å². The van der Waals surface area contributed by atoms with Crippen LogP contribution in [0.3, 0.4) is 0 Å². The van der Waals surface area contributed by atoms with E-state index in [1.54, 1.807) is 16.8 Å². The highest BCUT2D eigenvalue weighted by molar-refractivity contribution is 7.17. The molecule has 1 aromatic carbocycles. The Bertz CT molecular complexity index is 955. The van der Waals surface area contributed by atoms with Crippen molar-refractivity contribution in [2.24, 2.45) is 0 Å². The van der Waals surface area contributed by atoms with Crippen molar-refractivity contribution in [2.45, 2.75) is 0 Å². The monoisotopic (exact) mass is 328 g/mol. The van der Waals surface area contributed by atoms with E-state index in [0.717, 1.165) is 10.6 Å².